The Hall–Kier alpha value is -1.48. The van der Waals surface area contributed by atoms with Crippen LogP contribution in [-0.2, 0) is 13.0 Å². The summed E-state index contributed by atoms with van der Waals surface area (Å²) in [7, 11) is 1.72. The molecule has 3 heteroatoms. The summed E-state index contributed by atoms with van der Waals surface area (Å²) in [6.45, 7) is 4.15. The Balaban J connectivity index is 2.30. The zero-order valence-corrected chi connectivity index (χ0v) is 9.68. The van der Waals surface area contributed by atoms with Crippen LogP contribution in [0.5, 0.6) is 5.75 Å². The number of benzene rings is 1. The number of hydrogen-bond donors (Lipinski definition) is 2. The van der Waals surface area contributed by atoms with Gasteiger partial charge in [0.2, 0.25) is 0 Å². The molecule has 1 aliphatic rings. The first-order valence-corrected chi connectivity index (χ1v) is 5.68. The van der Waals surface area contributed by atoms with E-state index in [1.54, 1.807) is 7.11 Å². The van der Waals surface area contributed by atoms with Crippen molar-refractivity contribution in [2.45, 2.75) is 19.9 Å². The summed E-state index contributed by atoms with van der Waals surface area (Å²) in [5, 5.41) is 4.72. The van der Waals surface area contributed by atoms with E-state index >= 15 is 0 Å². The molecule has 0 aliphatic carbocycles. The van der Waals surface area contributed by atoms with E-state index < -0.39 is 0 Å². The van der Waals surface area contributed by atoms with Crippen LogP contribution in [0.4, 0.5) is 0 Å². The van der Waals surface area contributed by atoms with E-state index in [1.807, 2.05) is 0 Å². The van der Waals surface area contributed by atoms with Crippen molar-refractivity contribution in [1.29, 1.82) is 0 Å². The molecule has 0 amide bonds. The second-order valence-electron chi connectivity index (χ2n) is 4.38. The molecule has 2 aromatic rings. The molecule has 0 atom stereocenters. The Morgan fingerprint density at radius 2 is 2.19 bits per heavy atom. The van der Waals surface area contributed by atoms with Gasteiger partial charge in [0.15, 0.2) is 0 Å². The molecule has 0 bridgehead atoms. The minimum Gasteiger partial charge on any atom is -0.497 e. The van der Waals surface area contributed by atoms with E-state index in [-0.39, 0.29) is 0 Å². The molecule has 1 aliphatic heterocycles. The summed E-state index contributed by atoms with van der Waals surface area (Å²) in [5.74, 6) is 0.942. The molecule has 1 aromatic heterocycles. The number of H-pyrrole nitrogens is 1. The molecule has 0 saturated carbocycles. The highest BCUT2D eigenvalue weighted by atomic mass is 16.5. The number of ether oxygens (including phenoxy) is 1. The molecule has 1 aromatic carbocycles. The number of aromatic nitrogens is 1. The molecule has 3 nitrogen and oxygen atoms in total. The quantitative estimate of drug-likeness (QED) is 0.766. The Labute approximate surface area is 94.8 Å². The Bertz CT molecular complexity index is 542. The van der Waals surface area contributed by atoms with E-state index in [9.17, 15) is 0 Å². The first-order chi connectivity index (χ1) is 7.79. The molecule has 0 saturated heterocycles. The number of nitrogens with one attached hydrogen (secondary N) is 2. The highest BCUT2D eigenvalue weighted by Gasteiger charge is 2.16. The number of aryl methyl sites for hydroxylation is 1. The summed E-state index contributed by atoms with van der Waals surface area (Å²) in [5.41, 5.74) is 5.30. The number of hydrogen-bond acceptors (Lipinski definition) is 2. The zero-order valence-electron chi connectivity index (χ0n) is 9.68. The summed E-state index contributed by atoms with van der Waals surface area (Å²) in [4.78, 5) is 3.54. The molecule has 3 rings (SSSR count). The second-order valence-corrected chi connectivity index (χ2v) is 4.38. The fourth-order valence-corrected chi connectivity index (χ4v) is 2.51. The standard InChI is InChI=1S/C13H16N2O/c1-8-5-9(16-2)6-10-11-7-14-4-3-12(11)15-13(8)10/h5-6,14-15H,3-4,7H2,1-2H3. The van der Waals surface area contributed by atoms with Crippen molar-refractivity contribution in [1.82, 2.24) is 10.3 Å². The van der Waals surface area contributed by atoms with Crippen LogP contribution in [0.15, 0.2) is 12.1 Å². The molecule has 2 heterocycles. The van der Waals surface area contributed by atoms with Gasteiger partial charge in [-0.2, -0.15) is 0 Å². The van der Waals surface area contributed by atoms with Crippen LogP contribution >= 0.6 is 0 Å². The topological polar surface area (TPSA) is 37.0 Å². The van der Waals surface area contributed by atoms with Crippen molar-refractivity contribution in [2.75, 3.05) is 13.7 Å². The predicted molar refractivity (Wildman–Crippen MR) is 65.0 cm³/mol. The van der Waals surface area contributed by atoms with Gasteiger partial charge in [-0.05, 0) is 30.2 Å². The molecular weight excluding hydrogens is 200 g/mol. The van der Waals surface area contributed by atoms with Gasteiger partial charge in [0, 0.05) is 36.1 Å². The molecule has 84 valence electrons. The second kappa shape index (κ2) is 3.52. The van der Waals surface area contributed by atoms with Crippen LogP contribution < -0.4 is 10.1 Å². The van der Waals surface area contributed by atoms with Gasteiger partial charge in [0.25, 0.3) is 0 Å². The Morgan fingerprint density at radius 3 is 3.00 bits per heavy atom. The molecule has 0 radical (unpaired) electrons. The first-order valence-electron chi connectivity index (χ1n) is 5.68. The Morgan fingerprint density at radius 1 is 1.31 bits per heavy atom. The van der Waals surface area contributed by atoms with Gasteiger partial charge < -0.3 is 15.0 Å². The molecule has 2 N–H and O–H groups in total. The van der Waals surface area contributed by atoms with E-state index in [0.29, 0.717) is 0 Å². The summed E-state index contributed by atoms with van der Waals surface area (Å²) >= 11 is 0. The van der Waals surface area contributed by atoms with Gasteiger partial charge in [0.05, 0.1) is 7.11 Å². The van der Waals surface area contributed by atoms with E-state index in [2.05, 4.69) is 29.4 Å². The van der Waals surface area contributed by atoms with Gasteiger partial charge >= 0.3 is 0 Å². The smallest absolute Gasteiger partial charge is 0.119 e. The molecular formula is C13H16N2O. The van der Waals surface area contributed by atoms with Crippen molar-refractivity contribution in [3.05, 3.63) is 29.0 Å². The first kappa shape index (κ1) is 9.73. The molecule has 0 fully saturated rings. The van der Waals surface area contributed by atoms with Crippen LogP contribution in [0.3, 0.4) is 0 Å². The normalized spacial score (nSPS) is 15.1. The zero-order chi connectivity index (χ0) is 11.1. The monoisotopic (exact) mass is 216 g/mol. The van der Waals surface area contributed by atoms with Crippen molar-refractivity contribution in [2.24, 2.45) is 0 Å². The maximum atomic E-state index is 5.33. The largest absolute Gasteiger partial charge is 0.497 e. The lowest BCUT2D eigenvalue weighted by molar-refractivity contribution is 0.415. The highest BCUT2D eigenvalue weighted by molar-refractivity contribution is 5.88. The summed E-state index contributed by atoms with van der Waals surface area (Å²) < 4.78 is 5.33. The fraction of sp³-hybridized carbons (Fsp3) is 0.385. The van der Waals surface area contributed by atoms with Crippen LogP contribution in [-0.4, -0.2) is 18.6 Å². The lowest BCUT2D eigenvalue weighted by Crippen LogP contribution is -2.22. The van der Waals surface area contributed by atoms with Gasteiger partial charge in [-0.3, -0.25) is 0 Å². The van der Waals surface area contributed by atoms with Crippen LogP contribution in [0.1, 0.15) is 16.8 Å². The Kier molecular flexibility index (Phi) is 2.14. The number of aromatic amines is 1. The maximum absolute atomic E-state index is 5.33. The number of methoxy groups -OCH3 is 1. The third kappa shape index (κ3) is 1.32. The minimum absolute atomic E-state index is 0.942. The number of fused-ring (bicyclic) bond motifs is 3. The lowest BCUT2D eigenvalue weighted by Gasteiger charge is -2.12. The lowest BCUT2D eigenvalue weighted by atomic mass is 10.0. The van der Waals surface area contributed by atoms with Gasteiger partial charge in [-0.15, -0.1) is 0 Å². The van der Waals surface area contributed by atoms with Crippen molar-refractivity contribution in [3.8, 4) is 5.75 Å². The molecule has 16 heavy (non-hydrogen) atoms. The van der Waals surface area contributed by atoms with Gasteiger partial charge in [-0.1, -0.05) is 0 Å². The number of rotatable bonds is 1. The molecule has 0 spiro atoms. The van der Waals surface area contributed by atoms with Crippen LogP contribution in [0.2, 0.25) is 0 Å². The van der Waals surface area contributed by atoms with Crippen LogP contribution in [0, 0.1) is 6.92 Å². The van der Waals surface area contributed by atoms with Crippen molar-refractivity contribution < 1.29 is 4.74 Å². The highest BCUT2D eigenvalue weighted by Crippen LogP contribution is 2.30. The molecule has 0 unspecified atom stereocenters. The SMILES string of the molecule is COc1cc(C)c2[nH]c3c(c2c1)CNCC3. The van der Waals surface area contributed by atoms with Gasteiger partial charge in [0.1, 0.15) is 5.75 Å². The van der Waals surface area contributed by atoms with Gasteiger partial charge in [-0.25, -0.2) is 0 Å². The van der Waals surface area contributed by atoms with Crippen molar-refractivity contribution in [3.63, 3.8) is 0 Å². The predicted octanol–water partition coefficient (Wildman–Crippen LogP) is 2.13. The third-order valence-corrected chi connectivity index (χ3v) is 3.36. The van der Waals surface area contributed by atoms with E-state index in [4.69, 9.17) is 4.74 Å². The minimum atomic E-state index is 0.942. The van der Waals surface area contributed by atoms with E-state index in [0.717, 1.165) is 25.3 Å². The summed E-state index contributed by atoms with van der Waals surface area (Å²) in [6.07, 6.45) is 1.09. The van der Waals surface area contributed by atoms with Crippen molar-refractivity contribution >= 4 is 10.9 Å². The average Bonchev–Trinajstić information content (AvgIpc) is 2.68. The summed E-state index contributed by atoms with van der Waals surface area (Å²) in [6, 6.07) is 4.21. The van der Waals surface area contributed by atoms with Crippen LogP contribution in [0.25, 0.3) is 10.9 Å². The van der Waals surface area contributed by atoms with E-state index in [1.165, 1.54) is 27.7 Å². The third-order valence-electron chi connectivity index (χ3n) is 3.36. The average molecular weight is 216 g/mol. The fourth-order valence-electron chi connectivity index (χ4n) is 2.51. The maximum Gasteiger partial charge on any atom is 0.119 e.